The molecule has 0 unspecified atom stereocenters. The third kappa shape index (κ3) is 1.71. The molecule has 1 aliphatic rings. The zero-order valence-electron chi connectivity index (χ0n) is 10.5. The van der Waals surface area contributed by atoms with Crippen molar-refractivity contribution in [2.75, 3.05) is 0 Å². The van der Waals surface area contributed by atoms with Gasteiger partial charge in [-0.15, -0.1) is 0 Å². The Hall–Kier alpha value is -1.93. The molecule has 19 heavy (non-hydrogen) atoms. The highest BCUT2D eigenvalue weighted by Gasteiger charge is 2.26. The van der Waals surface area contributed by atoms with E-state index >= 15 is 0 Å². The average Bonchev–Trinajstić information content (AvgIpc) is 2.87. The van der Waals surface area contributed by atoms with Crippen LogP contribution >= 0.6 is 11.3 Å². The topological polar surface area (TPSA) is 3.88 Å². The highest BCUT2D eigenvalue weighted by molar-refractivity contribution is 7.19. The molecule has 4 rings (SSSR count). The third-order valence-electron chi connectivity index (χ3n) is 3.62. The van der Waals surface area contributed by atoms with Crippen LogP contribution < -0.4 is 4.57 Å². The normalized spacial score (nSPS) is 14.2. The number of thiazole rings is 1. The van der Waals surface area contributed by atoms with Gasteiger partial charge in [-0.05, 0) is 11.6 Å². The van der Waals surface area contributed by atoms with Crippen LogP contribution in [0.2, 0.25) is 0 Å². The standard InChI is InChI=1S/C17H14NS/c1-2-7-13(8-3-1)14-9-6-12-18-15-10-4-5-11-16(15)19-17(14)18/h1-5,7-11H,6,12H2/q+1. The fourth-order valence-corrected chi connectivity index (χ4v) is 3.99. The van der Waals surface area contributed by atoms with Gasteiger partial charge in [0.15, 0.2) is 6.54 Å². The number of nitrogens with zero attached hydrogens (tertiary/aromatic N) is 1. The van der Waals surface area contributed by atoms with Crippen LogP contribution in [0.15, 0.2) is 60.7 Å². The lowest BCUT2D eigenvalue weighted by Crippen LogP contribution is -2.37. The van der Waals surface area contributed by atoms with Crippen LogP contribution in [-0.2, 0) is 6.54 Å². The summed E-state index contributed by atoms with van der Waals surface area (Å²) in [7, 11) is 0. The molecule has 1 nitrogen and oxygen atoms in total. The predicted octanol–water partition coefficient (Wildman–Crippen LogP) is 4.02. The van der Waals surface area contributed by atoms with Crippen molar-refractivity contribution >= 4 is 27.1 Å². The minimum Gasteiger partial charge on any atom is -0.181 e. The van der Waals surface area contributed by atoms with E-state index in [1.165, 1.54) is 26.4 Å². The molecule has 0 fully saturated rings. The minimum absolute atomic E-state index is 1.09. The first-order chi connectivity index (χ1) is 9.43. The van der Waals surface area contributed by atoms with Gasteiger partial charge in [-0.2, -0.15) is 4.57 Å². The molecule has 2 heterocycles. The molecule has 1 aromatic heterocycles. The summed E-state index contributed by atoms with van der Waals surface area (Å²) in [6.07, 6.45) is 3.49. The number of benzene rings is 2. The van der Waals surface area contributed by atoms with Crippen LogP contribution in [0.4, 0.5) is 0 Å². The number of rotatable bonds is 1. The van der Waals surface area contributed by atoms with Crippen LogP contribution in [0, 0.1) is 0 Å². The Labute approximate surface area is 116 Å². The fourth-order valence-electron chi connectivity index (χ4n) is 2.74. The van der Waals surface area contributed by atoms with Crippen LogP contribution in [0.1, 0.15) is 17.0 Å². The van der Waals surface area contributed by atoms with E-state index in [1.807, 2.05) is 11.3 Å². The summed E-state index contributed by atoms with van der Waals surface area (Å²) in [5, 5.41) is 1.39. The zero-order valence-corrected chi connectivity index (χ0v) is 11.4. The summed E-state index contributed by atoms with van der Waals surface area (Å²) in [5.41, 5.74) is 4.07. The van der Waals surface area contributed by atoms with E-state index in [0.29, 0.717) is 0 Å². The van der Waals surface area contributed by atoms with Gasteiger partial charge in [0.25, 0.3) is 5.01 Å². The smallest absolute Gasteiger partial charge is 0.181 e. The number of fused-ring (bicyclic) bond motifs is 3. The molecule has 0 bridgehead atoms. The van der Waals surface area contributed by atoms with Crippen LogP contribution in [0.3, 0.4) is 0 Å². The Balaban J connectivity index is 1.96. The van der Waals surface area contributed by atoms with E-state index < -0.39 is 0 Å². The molecular formula is C17H14NS+. The molecule has 0 saturated carbocycles. The van der Waals surface area contributed by atoms with Gasteiger partial charge in [-0.3, -0.25) is 0 Å². The van der Waals surface area contributed by atoms with Gasteiger partial charge in [-0.1, -0.05) is 59.9 Å². The first-order valence-corrected chi connectivity index (χ1v) is 7.42. The molecule has 0 atom stereocenters. The summed E-state index contributed by atoms with van der Waals surface area (Å²) in [5.74, 6) is 0. The van der Waals surface area contributed by atoms with Crippen molar-refractivity contribution in [2.45, 2.75) is 13.0 Å². The van der Waals surface area contributed by atoms with Crippen LogP contribution in [0.5, 0.6) is 0 Å². The number of hydrogen-bond donors (Lipinski definition) is 0. The Bertz CT molecular complexity index is 768. The quantitative estimate of drug-likeness (QED) is 0.584. The molecule has 0 radical (unpaired) electrons. The average molecular weight is 264 g/mol. The number of aromatic nitrogens is 1. The molecule has 0 amide bonds. The van der Waals surface area contributed by atoms with Crippen molar-refractivity contribution in [3.05, 3.63) is 71.2 Å². The van der Waals surface area contributed by atoms with E-state index in [0.717, 1.165) is 13.0 Å². The summed E-state index contributed by atoms with van der Waals surface area (Å²) in [6, 6.07) is 19.4. The fraction of sp³-hybridized carbons (Fsp3) is 0.118. The van der Waals surface area contributed by atoms with Gasteiger partial charge in [0, 0.05) is 12.5 Å². The summed E-state index contributed by atoms with van der Waals surface area (Å²) in [6.45, 7) is 1.09. The molecular weight excluding hydrogens is 250 g/mol. The first-order valence-electron chi connectivity index (χ1n) is 6.61. The Kier molecular flexibility index (Phi) is 2.49. The largest absolute Gasteiger partial charge is 0.270 e. The van der Waals surface area contributed by atoms with E-state index in [9.17, 15) is 0 Å². The highest BCUT2D eigenvalue weighted by atomic mass is 32.1. The van der Waals surface area contributed by atoms with Gasteiger partial charge in [-0.25, -0.2) is 0 Å². The van der Waals surface area contributed by atoms with Gasteiger partial charge in [0.1, 0.15) is 4.70 Å². The second kappa shape index (κ2) is 4.32. The lowest BCUT2D eigenvalue weighted by molar-refractivity contribution is -0.669. The van der Waals surface area contributed by atoms with Gasteiger partial charge >= 0.3 is 0 Å². The molecule has 0 saturated heterocycles. The summed E-state index contributed by atoms with van der Waals surface area (Å²) >= 11 is 1.90. The van der Waals surface area contributed by atoms with Crippen molar-refractivity contribution in [3.8, 4) is 0 Å². The molecule has 0 aliphatic carbocycles. The molecule has 2 aromatic carbocycles. The monoisotopic (exact) mass is 264 g/mol. The SMILES string of the molecule is C1=C(c2ccccc2)c2sc3ccccc3[n+]2CC1. The van der Waals surface area contributed by atoms with Gasteiger partial charge < -0.3 is 0 Å². The number of para-hydroxylation sites is 1. The maximum Gasteiger partial charge on any atom is 0.270 e. The third-order valence-corrected chi connectivity index (χ3v) is 4.82. The zero-order chi connectivity index (χ0) is 12.7. The first kappa shape index (κ1) is 10.9. The Morgan fingerprint density at radius 1 is 0.895 bits per heavy atom. The second-order valence-electron chi connectivity index (χ2n) is 4.80. The maximum absolute atomic E-state index is 2.46. The van der Waals surface area contributed by atoms with E-state index in [2.05, 4.69) is 65.2 Å². The minimum atomic E-state index is 1.09. The molecule has 0 spiro atoms. The summed E-state index contributed by atoms with van der Waals surface area (Å²) < 4.78 is 3.84. The molecule has 2 heteroatoms. The van der Waals surface area contributed by atoms with Gasteiger partial charge in [0.05, 0.1) is 5.57 Å². The lowest BCUT2D eigenvalue weighted by Gasteiger charge is -2.08. The van der Waals surface area contributed by atoms with Gasteiger partial charge in [0.2, 0.25) is 5.52 Å². The number of aryl methyl sites for hydroxylation is 1. The van der Waals surface area contributed by atoms with Crippen molar-refractivity contribution in [1.82, 2.24) is 0 Å². The van der Waals surface area contributed by atoms with E-state index in [1.54, 1.807) is 0 Å². The molecule has 3 aromatic rings. The van der Waals surface area contributed by atoms with Crippen molar-refractivity contribution in [1.29, 1.82) is 0 Å². The van der Waals surface area contributed by atoms with E-state index in [-0.39, 0.29) is 0 Å². The number of allylic oxidation sites excluding steroid dienone is 1. The Morgan fingerprint density at radius 3 is 2.58 bits per heavy atom. The van der Waals surface area contributed by atoms with Crippen molar-refractivity contribution in [3.63, 3.8) is 0 Å². The lowest BCUT2D eigenvalue weighted by atomic mass is 10.0. The highest BCUT2D eigenvalue weighted by Crippen LogP contribution is 2.32. The van der Waals surface area contributed by atoms with E-state index in [4.69, 9.17) is 0 Å². The molecule has 92 valence electrons. The predicted molar refractivity (Wildman–Crippen MR) is 80.2 cm³/mol. The summed E-state index contributed by atoms with van der Waals surface area (Å²) in [4.78, 5) is 0. The van der Waals surface area contributed by atoms with Crippen LogP contribution in [0.25, 0.3) is 15.8 Å². The Morgan fingerprint density at radius 2 is 1.68 bits per heavy atom. The maximum atomic E-state index is 2.46. The molecule has 1 aliphatic heterocycles. The molecule has 0 N–H and O–H groups in total. The second-order valence-corrected chi connectivity index (χ2v) is 5.83. The van der Waals surface area contributed by atoms with Crippen molar-refractivity contribution in [2.24, 2.45) is 0 Å². The van der Waals surface area contributed by atoms with Crippen molar-refractivity contribution < 1.29 is 4.57 Å². The number of hydrogen-bond acceptors (Lipinski definition) is 1. The van der Waals surface area contributed by atoms with Crippen LogP contribution in [-0.4, -0.2) is 0 Å².